The highest BCUT2D eigenvalue weighted by atomic mass is 79.9. The van der Waals surface area contributed by atoms with Crippen LogP contribution >= 0.6 is 27.5 Å². The second-order valence-corrected chi connectivity index (χ2v) is 4.79. The molecule has 0 unspecified atom stereocenters. The molecule has 0 N–H and O–H groups in total. The SMILES string of the molecule is Clc1ncc[c]c1CC=Cc1ccc(Br)cc1. The van der Waals surface area contributed by atoms with E-state index in [-0.39, 0.29) is 0 Å². The zero-order valence-corrected chi connectivity index (χ0v) is 11.4. The van der Waals surface area contributed by atoms with Gasteiger partial charge in [-0.25, -0.2) is 4.98 Å². The van der Waals surface area contributed by atoms with Crippen molar-refractivity contribution in [3.63, 3.8) is 0 Å². The van der Waals surface area contributed by atoms with Gasteiger partial charge in [-0.15, -0.1) is 0 Å². The number of halogens is 2. The first-order valence-corrected chi connectivity index (χ1v) is 6.36. The first-order valence-electron chi connectivity index (χ1n) is 5.19. The van der Waals surface area contributed by atoms with Gasteiger partial charge >= 0.3 is 0 Å². The molecule has 0 aliphatic rings. The average Bonchev–Trinajstić information content (AvgIpc) is 2.34. The molecular formula is C14H10BrClN. The van der Waals surface area contributed by atoms with Crippen molar-refractivity contribution in [2.24, 2.45) is 0 Å². The van der Waals surface area contributed by atoms with Crippen LogP contribution in [-0.4, -0.2) is 4.98 Å². The molecule has 2 aromatic rings. The van der Waals surface area contributed by atoms with Crippen LogP contribution in [0.4, 0.5) is 0 Å². The van der Waals surface area contributed by atoms with Crippen LogP contribution in [0, 0.1) is 6.07 Å². The van der Waals surface area contributed by atoms with Crippen molar-refractivity contribution in [2.45, 2.75) is 6.42 Å². The normalized spacial score (nSPS) is 10.9. The maximum Gasteiger partial charge on any atom is 0.133 e. The lowest BCUT2D eigenvalue weighted by Gasteiger charge is -1.98. The first kappa shape index (κ1) is 12.3. The lowest BCUT2D eigenvalue weighted by molar-refractivity contribution is 1.19. The Bertz CT molecular complexity index is 520. The van der Waals surface area contributed by atoms with E-state index in [1.54, 1.807) is 12.3 Å². The fraction of sp³-hybridized carbons (Fsp3) is 0.0714. The number of allylic oxidation sites excluding steroid dienone is 1. The third-order valence-corrected chi connectivity index (χ3v) is 3.13. The Kier molecular flexibility index (Phi) is 4.35. The van der Waals surface area contributed by atoms with E-state index in [1.807, 2.05) is 12.1 Å². The van der Waals surface area contributed by atoms with E-state index < -0.39 is 0 Å². The van der Waals surface area contributed by atoms with Gasteiger partial charge in [-0.1, -0.05) is 51.8 Å². The van der Waals surface area contributed by atoms with Gasteiger partial charge in [0.1, 0.15) is 5.15 Å². The van der Waals surface area contributed by atoms with Crippen LogP contribution in [0.25, 0.3) is 6.08 Å². The first-order chi connectivity index (χ1) is 8.25. The number of pyridine rings is 1. The zero-order valence-electron chi connectivity index (χ0n) is 9.03. The molecule has 0 amide bonds. The number of benzene rings is 1. The summed E-state index contributed by atoms with van der Waals surface area (Å²) in [5.41, 5.74) is 2.08. The Morgan fingerprint density at radius 2 is 2.06 bits per heavy atom. The van der Waals surface area contributed by atoms with Crippen LogP contribution in [0.1, 0.15) is 11.1 Å². The number of hydrogen-bond acceptors (Lipinski definition) is 1. The smallest absolute Gasteiger partial charge is 0.133 e. The van der Waals surface area contributed by atoms with Crippen LogP contribution in [-0.2, 0) is 6.42 Å². The molecule has 1 nitrogen and oxygen atoms in total. The Labute approximate surface area is 114 Å². The standard InChI is InChI=1S/C14H10BrClN/c15-13-8-6-11(7-9-13)3-1-4-12-5-2-10-17-14(12)16/h1-3,6-10H,4H2. The van der Waals surface area contributed by atoms with Crippen LogP contribution in [0.5, 0.6) is 0 Å². The Hall–Kier alpha value is -1.12. The summed E-state index contributed by atoms with van der Waals surface area (Å²) >= 11 is 9.35. The highest BCUT2D eigenvalue weighted by molar-refractivity contribution is 9.10. The third kappa shape index (κ3) is 3.69. The van der Waals surface area contributed by atoms with Crippen molar-refractivity contribution in [1.29, 1.82) is 0 Å². The summed E-state index contributed by atoms with van der Waals surface area (Å²) in [5, 5.41) is 0.521. The van der Waals surface area contributed by atoms with E-state index in [4.69, 9.17) is 11.6 Å². The maximum atomic E-state index is 5.94. The largest absolute Gasteiger partial charge is 0.244 e. The molecule has 2 rings (SSSR count). The summed E-state index contributed by atoms with van der Waals surface area (Å²) in [6.45, 7) is 0. The van der Waals surface area contributed by atoms with Crippen molar-refractivity contribution >= 4 is 33.6 Å². The molecule has 0 spiro atoms. The molecule has 0 bridgehead atoms. The van der Waals surface area contributed by atoms with Crippen LogP contribution in [0.2, 0.25) is 5.15 Å². The quantitative estimate of drug-likeness (QED) is 0.758. The minimum absolute atomic E-state index is 0.521. The monoisotopic (exact) mass is 306 g/mol. The highest BCUT2D eigenvalue weighted by Crippen LogP contribution is 2.14. The average molecular weight is 308 g/mol. The van der Waals surface area contributed by atoms with Crippen molar-refractivity contribution < 1.29 is 0 Å². The van der Waals surface area contributed by atoms with E-state index in [0.29, 0.717) is 5.15 Å². The number of nitrogens with zero attached hydrogens (tertiary/aromatic N) is 1. The summed E-state index contributed by atoms with van der Waals surface area (Å²) in [4.78, 5) is 4.01. The molecule has 0 aliphatic heterocycles. The van der Waals surface area contributed by atoms with Gasteiger partial charge in [0, 0.05) is 16.2 Å². The minimum Gasteiger partial charge on any atom is -0.244 e. The lowest BCUT2D eigenvalue weighted by Crippen LogP contribution is -1.85. The van der Waals surface area contributed by atoms with Crippen molar-refractivity contribution in [3.05, 3.63) is 69.4 Å². The molecule has 0 fully saturated rings. The van der Waals surface area contributed by atoms with E-state index >= 15 is 0 Å². The molecule has 1 radical (unpaired) electrons. The summed E-state index contributed by atoms with van der Waals surface area (Å²) in [5.74, 6) is 0. The van der Waals surface area contributed by atoms with Crippen LogP contribution in [0.15, 0.2) is 47.1 Å². The molecular weight excluding hydrogens is 298 g/mol. The van der Waals surface area contributed by atoms with Gasteiger partial charge in [0.25, 0.3) is 0 Å². The fourth-order valence-electron chi connectivity index (χ4n) is 1.41. The molecule has 1 heterocycles. The predicted octanol–water partition coefficient (Wildman–Crippen LogP) is 4.55. The second kappa shape index (κ2) is 5.99. The molecule has 17 heavy (non-hydrogen) atoms. The van der Waals surface area contributed by atoms with E-state index in [0.717, 1.165) is 22.0 Å². The molecule has 1 aromatic carbocycles. The Balaban J connectivity index is 2.03. The third-order valence-electron chi connectivity index (χ3n) is 2.27. The Morgan fingerprint density at radius 3 is 2.76 bits per heavy atom. The second-order valence-electron chi connectivity index (χ2n) is 3.52. The van der Waals surface area contributed by atoms with Crippen LogP contribution in [0.3, 0.4) is 0 Å². The minimum atomic E-state index is 0.521. The predicted molar refractivity (Wildman–Crippen MR) is 75.0 cm³/mol. The molecule has 85 valence electrons. The summed E-state index contributed by atoms with van der Waals surface area (Å²) in [7, 11) is 0. The van der Waals surface area contributed by atoms with Gasteiger partial charge in [-0.3, -0.25) is 0 Å². The molecule has 0 atom stereocenters. The molecule has 0 saturated carbocycles. The van der Waals surface area contributed by atoms with Gasteiger partial charge < -0.3 is 0 Å². The topological polar surface area (TPSA) is 12.9 Å². The highest BCUT2D eigenvalue weighted by Gasteiger charge is 1.97. The summed E-state index contributed by atoms with van der Waals surface area (Å²) in [6.07, 6.45) is 6.50. The van der Waals surface area contributed by atoms with Crippen molar-refractivity contribution in [2.75, 3.05) is 0 Å². The zero-order chi connectivity index (χ0) is 12.1. The fourth-order valence-corrected chi connectivity index (χ4v) is 1.86. The molecule has 3 heteroatoms. The Morgan fingerprint density at radius 1 is 1.29 bits per heavy atom. The summed E-state index contributed by atoms with van der Waals surface area (Å²) < 4.78 is 1.08. The van der Waals surface area contributed by atoms with Gasteiger partial charge in [0.2, 0.25) is 0 Å². The molecule has 0 saturated heterocycles. The van der Waals surface area contributed by atoms with E-state index in [1.165, 1.54) is 0 Å². The van der Waals surface area contributed by atoms with Gasteiger partial charge in [-0.05, 0) is 36.2 Å². The van der Waals surface area contributed by atoms with Gasteiger partial charge in [0.15, 0.2) is 0 Å². The van der Waals surface area contributed by atoms with Gasteiger partial charge in [-0.2, -0.15) is 0 Å². The number of aromatic nitrogens is 1. The molecule has 0 aliphatic carbocycles. The number of hydrogen-bond donors (Lipinski definition) is 0. The lowest BCUT2D eigenvalue weighted by atomic mass is 10.1. The van der Waals surface area contributed by atoms with Gasteiger partial charge in [0.05, 0.1) is 0 Å². The summed E-state index contributed by atoms with van der Waals surface area (Å²) in [6, 6.07) is 13.0. The van der Waals surface area contributed by atoms with Crippen molar-refractivity contribution in [3.8, 4) is 0 Å². The maximum absolute atomic E-state index is 5.94. The number of rotatable bonds is 3. The van der Waals surface area contributed by atoms with E-state index in [9.17, 15) is 0 Å². The van der Waals surface area contributed by atoms with E-state index in [2.05, 4.69) is 51.3 Å². The van der Waals surface area contributed by atoms with Crippen molar-refractivity contribution in [1.82, 2.24) is 4.98 Å². The van der Waals surface area contributed by atoms with Crippen LogP contribution < -0.4 is 0 Å². The molecule has 1 aromatic heterocycles.